The molecule has 2 N–H and O–H groups in total. The molecule has 0 aliphatic carbocycles. The van der Waals surface area contributed by atoms with Gasteiger partial charge in [0.1, 0.15) is 5.82 Å². The van der Waals surface area contributed by atoms with Crippen LogP contribution in [0.25, 0.3) is 0 Å². The molecule has 0 saturated carbocycles. The third-order valence-electron chi connectivity index (χ3n) is 3.41. The molecule has 1 aromatic carbocycles. The van der Waals surface area contributed by atoms with Crippen molar-refractivity contribution in [3.05, 3.63) is 51.5 Å². The zero-order chi connectivity index (χ0) is 12.5. The molecule has 4 heteroatoms. The summed E-state index contributed by atoms with van der Waals surface area (Å²) in [6, 6.07) is 7.27. The van der Waals surface area contributed by atoms with Gasteiger partial charge in [-0.05, 0) is 35.1 Å². The lowest BCUT2D eigenvalue weighted by molar-refractivity contribution is 0.608. The van der Waals surface area contributed by atoms with Crippen LogP contribution in [0.2, 0.25) is 0 Å². The van der Waals surface area contributed by atoms with Crippen molar-refractivity contribution in [2.24, 2.45) is 5.73 Å². The number of hydrogen-bond donors (Lipinski definition) is 1. The van der Waals surface area contributed by atoms with E-state index in [0.717, 1.165) is 25.1 Å². The van der Waals surface area contributed by atoms with Crippen LogP contribution in [-0.4, -0.2) is 6.54 Å². The maximum Gasteiger partial charge on any atom is 0.146 e. The van der Waals surface area contributed by atoms with E-state index in [-0.39, 0.29) is 5.82 Å². The van der Waals surface area contributed by atoms with Crippen LogP contribution in [0.4, 0.5) is 10.1 Å². The van der Waals surface area contributed by atoms with Crippen LogP contribution in [0.15, 0.2) is 29.6 Å². The maximum atomic E-state index is 14.0. The number of fused-ring (bicyclic) bond motifs is 1. The minimum Gasteiger partial charge on any atom is -0.364 e. The summed E-state index contributed by atoms with van der Waals surface area (Å²) in [5.74, 6) is -0.170. The van der Waals surface area contributed by atoms with Gasteiger partial charge in [-0.2, -0.15) is 0 Å². The minimum absolute atomic E-state index is 0.170. The zero-order valence-corrected chi connectivity index (χ0v) is 10.8. The molecule has 1 aliphatic heterocycles. The molecule has 0 fully saturated rings. The molecule has 0 radical (unpaired) electrons. The average molecular weight is 262 g/mol. The number of benzene rings is 1. The fourth-order valence-corrected chi connectivity index (χ4v) is 3.41. The molecule has 3 rings (SSSR count). The lowest BCUT2D eigenvalue weighted by atomic mass is 10.1. The molecule has 2 nitrogen and oxygen atoms in total. The lowest BCUT2D eigenvalue weighted by Crippen LogP contribution is -2.31. The fourth-order valence-electron chi connectivity index (χ4n) is 2.52. The summed E-state index contributed by atoms with van der Waals surface area (Å²) < 4.78 is 14.0. The third-order valence-corrected chi connectivity index (χ3v) is 4.44. The normalized spacial score (nSPS) is 14.7. The molecule has 0 saturated heterocycles. The van der Waals surface area contributed by atoms with Gasteiger partial charge in [0.05, 0.1) is 5.69 Å². The van der Waals surface area contributed by atoms with E-state index in [0.29, 0.717) is 12.2 Å². The predicted molar refractivity (Wildman–Crippen MR) is 73.4 cm³/mol. The van der Waals surface area contributed by atoms with Crippen molar-refractivity contribution in [3.8, 4) is 0 Å². The topological polar surface area (TPSA) is 29.3 Å². The van der Waals surface area contributed by atoms with E-state index in [1.807, 2.05) is 6.07 Å². The lowest BCUT2D eigenvalue weighted by Gasteiger charge is -2.30. The van der Waals surface area contributed by atoms with Gasteiger partial charge in [0.2, 0.25) is 0 Å². The number of nitrogens with two attached hydrogens (primary N) is 1. The minimum atomic E-state index is -0.170. The molecule has 0 atom stereocenters. The summed E-state index contributed by atoms with van der Waals surface area (Å²) in [5.41, 5.74) is 8.59. The SMILES string of the molecule is NCc1cccc(F)c1N1CCc2sccc2C1. The number of anilines is 1. The second-order valence-electron chi connectivity index (χ2n) is 4.49. The van der Waals surface area contributed by atoms with Gasteiger partial charge in [-0.15, -0.1) is 11.3 Å². The highest BCUT2D eigenvalue weighted by atomic mass is 32.1. The third kappa shape index (κ3) is 1.91. The molecule has 1 aromatic heterocycles. The number of thiophene rings is 1. The van der Waals surface area contributed by atoms with Gasteiger partial charge in [-0.1, -0.05) is 12.1 Å². The van der Waals surface area contributed by atoms with E-state index in [4.69, 9.17) is 5.73 Å². The van der Waals surface area contributed by atoms with Crippen LogP contribution in [0, 0.1) is 5.82 Å². The van der Waals surface area contributed by atoms with Crippen LogP contribution < -0.4 is 10.6 Å². The Morgan fingerprint density at radius 1 is 1.33 bits per heavy atom. The standard InChI is InChI=1S/C14H15FN2S/c15-12-3-1-2-10(8-16)14(12)17-6-4-13-11(9-17)5-7-18-13/h1-3,5,7H,4,6,8-9,16H2. The summed E-state index contributed by atoms with van der Waals surface area (Å²) in [7, 11) is 0. The molecule has 0 bridgehead atoms. The van der Waals surface area contributed by atoms with Crippen LogP contribution in [-0.2, 0) is 19.5 Å². The summed E-state index contributed by atoms with van der Waals surface area (Å²) >= 11 is 1.79. The van der Waals surface area contributed by atoms with Gasteiger partial charge < -0.3 is 10.6 Å². The van der Waals surface area contributed by atoms with Crippen molar-refractivity contribution in [2.75, 3.05) is 11.4 Å². The van der Waals surface area contributed by atoms with Crippen molar-refractivity contribution in [1.82, 2.24) is 0 Å². The number of hydrogen-bond acceptors (Lipinski definition) is 3. The van der Waals surface area contributed by atoms with E-state index in [1.165, 1.54) is 16.5 Å². The van der Waals surface area contributed by atoms with Gasteiger partial charge in [-0.25, -0.2) is 4.39 Å². The first-order chi connectivity index (χ1) is 8.79. The molecular weight excluding hydrogens is 247 g/mol. The molecule has 2 heterocycles. The van der Waals surface area contributed by atoms with Crippen molar-refractivity contribution in [2.45, 2.75) is 19.5 Å². The van der Waals surface area contributed by atoms with Gasteiger partial charge in [0.15, 0.2) is 0 Å². The smallest absolute Gasteiger partial charge is 0.146 e. The molecule has 0 amide bonds. The Labute approximate surface area is 110 Å². The van der Waals surface area contributed by atoms with E-state index >= 15 is 0 Å². The maximum absolute atomic E-state index is 14.0. The van der Waals surface area contributed by atoms with Gasteiger partial charge in [-0.3, -0.25) is 0 Å². The first-order valence-corrected chi connectivity index (χ1v) is 6.95. The highest BCUT2D eigenvalue weighted by molar-refractivity contribution is 7.10. The van der Waals surface area contributed by atoms with Crippen LogP contribution >= 0.6 is 11.3 Å². The Hall–Kier alpha value is -1.39. The summed E-state index contributed by atoms with van der Waals surface area (Å²) in [4.78, 5) is 3.53. The second kappa shape index (κ2) is 4.71. The fraction of sp³-hybridized carbons (Fsp3) is 0.286. The molecule has 94 valence electrons. The van der Waals surface area contributed by atoms with Gasteiger partial charge >= 0.3 is 0 Å². The molecule has 2 aromatic rings. The average Bonchev–Trinajstić information content (AvgIpc) is 2.85. The molecule has 18 heavy (non-hydrogen) atoms. The Bertz CT molecular complexity index is 565. The molecular formula is C14H15FN2S. The van der Waals surface area contributed by atoms with Gasteiger partial charge in [0.25, 0.3) is 0 Å². The summed E-state index contributed by atoms with van der Waals surface area (Å²) in [5, 5.41) is 2.11. The number of halogens is 1. The largest absolute Gasteiger partial charge is 0.364 e. The number of nitrogens with zero attached hydrogens (tertiary/aromatic N) is 1. The van der Waals surface area contributed by atoms with E-state index < -0.39 is 0 Å². The Kier molecular flexibility index (Phi) is 3.06. The number of rotatable bonds is 2. The number of para-hydroxylation sites is 1. The van der Waals surface area contributed by atoms with Crippen molar-refractivity contribution in [1.29, 1.82) is 0 Å². The summed E-state index contributed by atoms with van der Waals surface area (Å²) in [6.45, 7) is 2.02. The highest BCUT2D eigenvalue weighted by Gasteiger charge is 2.21. The Morgan fingerprint density at radius 2 is 2.22 bits per heavy atom. The van der Waals surface area contributed by atoms with Crippen molar-refractivity contribution < 1.29 is 4.39 Å². The predicted octanol–water partition coefficient (Wildman–Crippen LogP) is 2.91. The van der Waals surface area contributed by atoms with Crippen LogP contribution in [0.5, 0.6) is 0 Å². The molecule has 0 unspecified atom stereocenters. The molecule has 1 aliphatic rings. The molecule has 0 spiro atoms. The highest BCUT2D eigenvalue weighted by Crippen LogP contribution is 2.31. The van der Waals surface area contributed by atoms with E-state index in [2.05, 4.69) is 16.3 Å². The zero-order valence-electron chi connectivity index (χ0n) is 10.0. The monoisotopic (exact) mass is 262 g/mol. The van der Waals surface area contributed by atoms with Gasteiger partial charge in [0, 0.05) is 24.5 Å². The Balaban J connectivity index is 1.97. The van der Waals surface area contributed by atoms with Crippen molar-refractivity contribution >= 4 is 17.0 Å². The van der Waals surface area contributed by atoms with E-state index in [1.54, 1.807) is 17.4 Å². The first kappa shape index (κ1) is 11.7. The van der Waals surface area contributed by atoms with Crippen molar-refractivity contribution in [3.63, 3.8) is 0 Å². The first-order valence-electron chi connectivity index (χ1n) is 6.07. The van der Waals surface area contributed by atoms with Crippen LogP contribution in [0.1, 0.15) is 16.0 Å². The Morgan fingerprint density at radius 3 is 3.06 bits per heavy atom. The second-order valence-corrected chi connectivity index (χ2v) is 5.49. The summed E-state index contributed by atoms with van der Waals surface area (Å²) in [6.07, 6.45) is 0.991. The van der Waals surface area contributed by atoms with E-state index in [9.17, 15) is 4.39 Å². The van der Waals surface area contributed by atoms with Crippen LogP contribution in [0.3, 0.4) is 0 Å². The quantitative estimate of drug-likeness (QED) is 0.901.